The number of carbonyl (C=O) groups excluding carboxylic acids is 1. The number of nitrogens with one attached hydrogen (secondary N) is 1. The van der Waals surface area contributed by atoms with Crippen LogP contribution in [0, 0.1) is 12.7 Å². The zero-order chi connectivity index (χ0) is 20.0. The first-order valence-corrected chi connectivity index (χ1v) is 10.4. The lowest BCUT2D eigenvalue weighted by Crippen LogP contribution is -2.39. The van der Waals surface area contributed by atoms with Crippen molar-refractivity contribution in [1.29, 1.82) is 0 Å². The number of likely N-dealkylation sites (tertiary alicyclic amines) is 1. The zero-order valence-corrected chi connectivity index (χ0v) is 16.6. The molecule has 1 unspecified atom stereocenters. The van der Waals surface area contributed by atoms with Gasteiger partial charge in [0.05, 0.1) is 17.5 Å². The van der Waals surface area contributed by atoms with Crippen molar-refractivity contribution in [2.45, 2.75) is 32.4 Å². The Kier molecular flexibility index (Phi) is 4.39. The number of aromatic nitrogens is 5. The molecule has 1 aromatic carbocycles. The summed E-state index contributed by atoms with van der Waals surface area (Å²) in [5, 5.41) is 15.5. The number of amides is 1. The van der Waals surface area contributed by atoms with Gasteiger partial charge in [0.1, 0.15) is 11.5 Å². The maximum atomic E-state index is 13.6. The molecule has 7 nitrogen and oxygen atoms in total. The maximum Gasteiger partial charge on any atom is 0.270 e. The molecule has 3 aromatic heterocycles. The van der Waals surface area contributed by atoms with Crippen molar-refractivity contribution >= 4 is 28.1 Å². The van der Waals surface area contributed by atoms with Crippen LogP contribution in [0.5, 0.6) is 0 Å². The number of hydrogen-bond acceptors (Lipinski definition) is 5. The number of benzene rings is 1. The van der Waals surface area contributed by atoms with Crippen LogP contribution in [0.25, 0.3) is 21.6 Å². The molecule has 1 N–H and O–H groups in total. The van der Waals surface area contributed by atoms with Crippen LogP contribution in [0.2, 0.25) is 0 Å². The van der Waals surface area contributed by atoms with E-state index in [0.29, 0.717) is 24.6 Å². The fraction of sp³-hybridized carbons (Fsp3) is 0.300. The number of halogens is 1. The molecule has 1 amide bonds. The van der Waals surface area contributed by atoms with E-state index >= 15 is 0 Å². The van der Waals surface area contributed by atoms with Gasteiger partial charge in [-0.05, 0) is 60.2 Å². The second-order valence-corrected chi connectivity index (χ2v) is 8.20. The molecule has 0 saturated carbocycles. The quantitative estimate of drug-likeness (QED) is 0.557. The summed E-state index contributed by atoms with van der Waals surface area (Å²) in [4.78, 5) is 20.8. The number of rotatable bonds is 4. The number of aryl methyl sites for hydroxylation is 1. The molecule has 4 heterocycles. The Bertz CT molecular complexity index is 1180. The third-order valence-corrected chi connectivity index (χ3v) is 6.31. The molecule has 29 heavy (non-hydrogen) atoms. The molecule has 148 valence electrons. The van der Waals surface area contributed by atoms with E-state index in [2.05, 4.69) is 20.4 Å². The predicted octanol–water partition coefficient (Wildman–Crippen LogP) is 3.64. The third-order valence-electron chi connectivity index (χ3n) is 5.44. The van der Waals surface area contributed by atoms with Gasteiger partial charge in [0, 0.05) is 17.4 Å². The van der Waals surface area contributed by atoms with Crippen LogP contribution in [-0.4, -0.2) is 48.6 Å². The van der Waals surface area contributed by atoms with Gasteiger partial charge in [-0.1, -0.05) is 6.07 Å². The van der Waals surface area contributed by atoms with Crippen molar-refractivity contribution in [1.82, 2.24) is 30.1 Å². The monoisotopic (exact) mass is 410 g/mol. The molecule has 4 aromatic rings. The van der Waals surface area contributed by atoms with E-state index in [1.807, 2.05) is 29.3 Å². The van der Waals surface area contributed by atoms with E-state index in [1.54, 1.807) is 22.2 Å². The number of nitrogens with zero attached hydrogens (tertiary/aromatic N) is 5. The van der Waals surface area contributed by atoms with Crippen molar-refractivity contribution in [2.24, 2.45) is 0 Å². The second kappa shape index (κ2) is 7.07. The second-order valence-electron chi connectivity index (χ2n) is 7.25. The van der Waals surface area contributed by atoms with Crippen LogP contribution < -0.4 is 0 Å². The normalized spacial score (nSPS) is 16.8. The first kappa shape index (κ1) is 18.0. The van der Waals surface area contributed by atoms with Crippen molar-refractivity contribution < 1.29 is 9.18 Å². The number of fused-ring (bicyclic) bond motifs is 1. The molecule has 1 aliphatic rings. The Balaban J connectivity index is 1.38. The smallest absolute Gasteiger partial charge is 0.270 e. The molecule has 1 atom stereocenters. The Morgan fingerprint density at radius 1 is 1.38 bits per heavy atom. The first-order valence-electron chi connectivity index (χ1n) is 9.50. The van der Waals surface area contributed by atoms with Gasteiger partial charge in [0.2, 0.25) is 5.82 Å². The van der Waals surface area contributed by atoms with Crippen molar-refractivity contribution in [3.05, 3.63) is 52.8 Å². The summed E-state index contributed by atoms with van der Waals surface area (Å²) in [6.45, 7) is 3.03. The number of hydrogen-bond donors (Lipinski definition) is 1. The molecule has 1 aliphatic heterocycles. The van der Waals surface area contributed by atoms with Gasteiger partial charge in [-0.3, -0.25) is 4.79 Å². The minimum Gasteiger partial charge on any atom is -0.350 e. The molecule has 0 spiro atoms. The molecule has 0 radical (unpaired) electrons. The minimum absolute atomic E-state index is 0.00423. The summed E-state index contributed by atoms with van der Waals surface area (Å²) < 4.78 is 13.6. The number of H-pyrrole nitrogens is 1. The van der Waals surface area contributed by atoms with Crippen LogP contribution in [-0.2, 0) is 6.54 Å². The van der Waals surface area contributed by atoms with Crippen molar-refractivity contribution in [3.63, 3.8) is 0 Å². The highest BCUT2D eigenvalue weighted by Crippen LogP contribution is 2.27. The van der Waals surface area contributed by atoms with Gasteiger partial charge in [0.25, 0.3) is 5.91 Å². The Labute approximate surface area is 170 Å². The fourth-order valence-corrected chi connectivity index (χ4v) is 4.61. The SMILES string of the molecule is Cc1c(C(=O)N2CCCC2Cn2nnc(-c3cccs3)n2)[nH]c2ccc(F)cc12. The van der Waals surface area contributed by atoms with Gasteiger partial charge in [-0.2, -0.15) is 4.80 Å². The van der Waals surface area contributed by atoms with E-state index in [9.17, 15) is 9.18 Å². The minimum atomic E-state index is -0.309. The van der Waals surface area contributed by atoms with Gasteiger partial charge in [-0.15, -0.1) is 21.5 Å². The summed E-state index contributed by atoms with van der Waals surface area (Å²) in [7, 11) is 0. The molecule has 1 fully saturated rings. The van der Waals surface area contributed by atoms with Crippen LogP contribution in [0.4, 0.5) is 4.39 Å². The van der Waals surface area contributed by atoms with Crippen LogP contribution in [0.1, 0.15) is 28.9 Å². The number of carbonyl (C=O) groups is 1. The van der Waals surface area contributed by atoms with E-state index < -0.39 is 0 Å². The average Bonchev–Trinajstić information content (AvgIpc) is 3.49. The number of aromatic amines is 1. The van der Waals surface area contributed by atoms with Crippen molar-refractivity contribution in [2.75, 3.05) is 6.54 Å². The Hall–Kier alpha value is -3.07. The van der Waals surface area contributed by atoms with Gasteiger partial charge < -0.3 is 9.88 Å². The van der Waals surface area contributed by atoms with Gasteiger partial charge in [0.15, 0.2) is 0 Å². The molecular weight excluding hydrogens is 391 g/mol. The van der Waals surface area contributed by atoms with Gasteiger partial charge in [-0.25, -0.2) is 4.39 Å². The van der Waals surface area contributed by atoms with Crippen molar-refractivity contribution in [3.8, 4) is 10.7 Å². The Morgan fingerprint density at radius 3 is 3.10 bits per heavy atom. The number of thiophene rings is 1. The van der Waals surface area contributed by atoms with Crippen LogP contribution in [0.3, 0.4) is 0 Å². The zero-order valence-electron chi connectivity index (χ0n) is 15.8. The van der Waals surface area contributed by atoms with E-state index in [4.69, 9.17) is 0 Å². The fourth-order valence-electron chi connectivity index (χ4n) is 3.96. The van der Waals surface area contributed by atoms with Crippen LogP contribution >= 0.6 is 11.3 Å². The molecule has 9 heteroatoms. The van der Waals surface area contributed by atoms with E-state index in [-0.39, 0.29) is 17.8 Å². The summed E-state index contributed by atoms with van der Waals surface area (Å²) in [6, 6.07) is 8.43. The molecule has 0 aliphatic carbocycles. The lowest BCUT2D eigenvalue weighted by atomic mass is 10.1. The molecule has 0 bridgehead atoms. The maximum absolute atomic E-state index is 13.6. The summed E-state index contributed by atoms with van der Waals surface area (Å²) in [5.74, 6) is 0.223. The Morgan fingerprint density at radius 2 is 2.28 bits per heavy atom. The lowest BCUT2D eigenvalue weighted by Gasteiger charge is -2.24. The largest absolute Gasteiger partial charge is 0.350 e. The molecule has 5 rings (SSSR count). The summed E-state index contributed by atoms with van der Waals surface area (Å²) in [5.41, 5.74) is 2.05. The van der Waals surface area contributed by atoms with E-state index in [1.165, 1.54) is 12.1 Å². The molecular formula is C20H19FN6OS. The third kappa shape index (κ3) is 3.21. The topological polar surface area (TPSA) is 79.7 Å². The standard InChI is InChI=1S/C20H19FN6OS/c1-12-15-10-13(21)6-7-16(15)22-18(12)20(28)26-8-2-4-14(26)11-27-24-19(23-25-27)17-5-3-9-29-17/h3,5-7,9-10,14,22H,2,4,8,11H2,1H3. The summed E-state index contributed by atoms with van der Waals surface area (Å²) >= 11 is 1.57. The number of tetrazole rings is 1. The highest BCUT2D eigenvalue weighted by molar-refractivity contribution is 7.13. The average molecular weight is 410 g/mol. The summed E-state index contributed by atoms with van der Waals surface area (Å²) in [6.07, 6.45) is 1.81. The van der Waals surface area contributed by atoms with Crippen LogP contribution in [0.15, 0.2) is 35.7 Å². The molecule has 1 saturated heterocycles. The van der Waals surface area contributed by atoms with Gasteiger partial charge >= 0.3 is 0 Å². The predicted molar refractivity (Wildman–Crippen MR) is 108 cm³/mol. The highest BCUT2D eigenvalue weighted by atomic mass is 32.1. The van der Waals surface area contributed by atoms with E-state index in [0.717, 1.165) is 34.2 Å². The highest BCUT2D eigenvalue weighted by Gasteiger charge is 2.32. The lowest BCUT2D eigenvalue weighted by molar-refractivity contribution is 0.0712. The first-order chi connectivity index (χ1) is 14.1.